The van der Waals surface area contributed by atoms with Crippen molar-refractivity contribution >= 4 is 28.5 Å². The number of nitrogens with one attached hydrogen (secondary N) is 1. The van der Waals surface area contributed by atoms with Gasteiger partial charge in [0.2, 0.25) is 0 Å². The molecule has 1 saturated heterocycles. The first-order valence-corrected chi connectivity index (χ1v) is 11.0. The smallest absolute Gasteiger partial charge is 0.159 e. The van der Waals surface area contributed by atoms with E-state index in [0.717, 1.165) is 66.0 Å². The number of aliphatic imine (C=N–C) groups is 1. The van der Waals surface area contributed by atoms with Crippen molar-refractivity contribution in [2.24, 2.45) is 4.99 Å². The van der Waals surface area contributed by atoms with Crippen LogP contribution < -0.4 is 4.90 Å². The molecule has 1 aromatic heterocycles. The zero-order chi connectivity index (χ0) is 22.5. The van der Waals surface area contributed by atoms with E-state index >= 15 is 0 Å². The normalized spacial score (nSPS) is 15.5. The van der Waals surface area contributed by atoms with Gasteiger partial charge in [-0.3, -0.25) is 9.89 Å². The summed E-state index contributed by atoms with van der Waals surface area (Å²) in [7, 11) is 3.87. The van der Waals surface area contributed by atoms with E-state index in [1.807, 2.05) is 24.3 Å². The Kier molecular flexibility index (Phi) is 6.85. The van der Waals surface area contributed by atoms with Crippen molar-refractivity contribution in [3.8, 4) is 0 Å². The third-order valence-electron chi connectivity index (χ3n) is 6.24. The number of benzene rings is 2. The SMILES string of the molecule is CN=C(CC=N)c1nnc(N2CCC(N(C)Cc3ccc(F)cc3)CC2)c2ccccc12. The molecule has 1 aliphatic rings. The van der Waals surface area contributed by atoms with E-state index in [1.165, 1.54) is 18.3 Å². The quantitative estimate of drug-likeness (QED) is 0.565. The second-order valence-corrected chi connectivity index (χ2v) is 8.26. The van der Waals surface area contributed by atoms with Gasteiger partial charge >= 0.3 is 0 Å². The monoisotopic (exact) mass is 432 g/mol. The van der Waals surface area contributed by atoms with Crippen LogP contribution >= 0.6 is 0 Å². The van der Waals surface area contributed by atoms with Gasteiger partial charge < -0.3 is 10.3 Å². The molecule has 0 bridgehead atoms. The van der Waals surface area contributed by atoms with Gasteiger partial charge in [-0.05, 0) is 37.6 Å². The highest BCUT2D eigenvalue weighted by molar-refractivity contribution is 6.14. The number of hydrogen-bond donors (Lipinski definition) is 1. The van der Waals surface area contributed by atoms with E-state index in [2.05, 4.69) is 44.2 Å². The molecule has 0 radical (unpaired) electrons. The summed E-state index contributed by atoms with van der Waals surface area (Å²) in [5, 5.41) is 18.7. The highest BCUT2D eigenvalue weighted by Crippen LogP contribution is 2.29. The van der Waals surface area contributed by atoms with Crippen molar-refractivity contribution in [3.05, 3.63) is 65.6 Å². The van der Waals surface area contributed by atoms with Crippen molar-refractivity contribution < 1.29 is 4.39 Å². The van der Waals surface area contributed by atoms with Crippen LogP contribution in [0.2, 0.25) is 0 Å². The molecule has 3 aromatic rings. The maximum atomic E-state index is 13.2. The number of fused-ring (bicyclic) bond motifs is 1. The summed E-state index contributed by atoms with van der Waals surface area (Å²) in [6.07, 6.45) is 3.86. The van der Waals surface area contributed by atoms with E-state index in [0.29, 0.717) is 12.5 Å². The van der Waals surface area contributed by atoms with Crippen molar-refractivity contribution in [3.63, 3.8) is 0 Å². The van der Waals surface area contributed by atoms with Gasteiger partial charge in [-0.15, -0.1) is 10.2 Å². The fourth-order valence-electron chi connectivity index (χ4n) is 4.45. The van der Waals surface area contributed by atoms with Crippen LogP contribution in [0, 0.1) is 11.2 Å². The van der Waals surface area contributed by atoms with Gasteiger partial charge in [0.15, 0.2) is 5.82 Å². The number of anilines is 1. The zero-order valence-corrected chi connectivity index (χ0v) is 18.6. The molecule has 2 aromatic carbocycles. The predicted octanol–water partition coefficient (Wildman–Crippen LogP) is 4.33. The maximum absolute atomic E-state index is 13.2. The van der Waals surface area contributed by atoms with E-state index in [4.69, 9.17) is 5.41 Å². The average molecular weight is 433 g/mol. The number of aromatic nitrogens is 2. The predicted molar refractivity (Wildman–Crippen MR) is 129 cm³/mol. The van der Waals surface area contributed by atoms with E-state index in [-0.39, 0.29) is 5.82 Å². The van der Waals surface area contributed by atoms with E-state index in [1.54, 1.807) is 7.05 Å². The van der Waals surface area contributed by atoms with Gasteiger partial charge in [0, 0.05) is 56.1 Å². The Morgan fingerprint density at radius 2 is 1.81 bits per heavy atom. The zero-order valence-electron chi connectivity index (χ0n) is 18.6. The van der Waals surface area contributed by atoms with Gasteiger partial charge in [-0.2, -0.15) is 0 Å². The summed E-state index contributed by atoms with van der Waals surface area (Å²) < 4.78 is 13.2. The number of piperidine rings is 1. The molecule has 0 saturated carbocycles. The molecule has 32 heavy (non-hydrogen) atoms. The minimum absolute atomic E-state index is 0.195. The van der Waals surface area contributed by atoms with Crippen molar-refractivity contribution in [2.75, 3.05) is 32.1 Å². The van der Waals surface area contributed by atoms with Crippen LogP contribution in [0.15, 0.2) is 53.5 Å². The third-order valence-corrected chi connectivity index (χ3v) is 6.24. The molecule has 0 unspecified atom stereocenters. The molecule has 0 amide bonds. The Morgan fingerprint density at radius 1 is 1.12 bits per heavy atom. The molecule has 7 heteroatoms. The lowest BCUT2D eigenvalue weighted by molar-refractivity contribution is 0.200. The molecule has 0 spiro atoms. The van der Waals surface area contributed by atoms with E-state index in [9.17, 15) is 4.39 Å². The molecule has 166 valence electrons. The number of nitrogens with zero attached hydrogens (tertiary/aromatic N) is 5. The number of halogens is 1. The number of rotatable bonds is 7. The molecule has 0 aliphatic carbocycles. The Morgan fingerprint density at radius 3 is 2.47 bits per heavy atom. The van der Waals surface area contributed by atoms with Crippen molar-refractivity contribution in [2.45, 2.75) is 31.8 Å². The summed E-state index contributed by atoms with van der Waals surface area (Å²) in [5.74, 6) is 0.716. The van der Waals surface area contributed by atoms with Gasteiger partial charge in [0.25, 0.3) is 0 Å². The summed E-state index contributed by atoms with van der Waals surface area (Å²) in [6, 6.07) is 15.4. The van der Waals surface area contributed by atoms with Crippen LogP contribution in [-0.4, -0.2) is 60.3 Å². The molecule has 1 aliphatic heterocycles. The van der Waals surface area contributed by atoms with Gasteiger partial charge in [0.05, 0.1) is 5.71 Å². The van der Waals surface area contributed by atoms with Crippen LogP contribution in [0.1, 0.15) is 30.5 Å². The highest BCUT2D eigenvalue weighted by atomic mass is 19.1. The Labute approximate surface area is 188 Å². The van der Waals surface area contributed by atoms with Crippen LogP contribution in [0.5, 0.6) is 0 Å². The standard InChI is InChI=1S/C25H29FN6/c1-28-23(11-14-27)24-21-5-3-4-6-22(21)25(30-29-24)32-15-12-20(13-16-32)31(2)17-18-7-9-19(26)10-8-18/h3-10,14,20,27H,11-13,15-17H2,1-2H3. The highest BCUT2D eigenvalue weighted by Gasteiger charge is 2.25. The van der Waals surface area contributed by atoms with Crippen LogP contribution in [0.3, 0.4) is 0 Å². The molecule has 1 fully saturated rings. The van der Waals surface area contributed by atoms with Crippen molar-refractivity contribution in [1.29, 1.82) is 5.41 Å². The average Bonchev–Trinajstić information content (AvgIpc) is 2.83. The van der Waals surface area contributed by atoms with Crippen LogP contribution in [0.4, 0.5) is 10.2 Å². The minimum Gasteiger partial charge on any atom is -0.354 e. The second kappa shape index (κ2) is 9.96. The summed E-state index contributed by atoms with van der Waals surface area (Å²) >= 11 is 0. The van der Waals surface area contributed by atoms with Gasteiger partial charge in [0.1, 0.15) is 11.5 Å². The summed E-state index contributed by atoms with van der Waals surface area (Å²) in [6.45, 7) is 2.63. The lowest BCUT2D eigenvalue weighted by atomic mass is 10.0. The third kappa shape index (κ3) is 4.67. The lowest BCUT2D eigenvalue weighted by Crippen LogP contribution is -2.43. The molecule has 4 rings (SSSR count). The fourth-order valence-corrected chi connectivity index (χ4v) is 4.45. The van der Waals surface area contributed by atoms with Crippen molar-refractivity contribution in [1.82, 2.24) is 15.1 Å². The first-order chi connectivity index (χ1) is 15.6. The van der Waals surface area contributed by atoms with Crippen LogP contribution in [0.25, 0.3) is 10.8 Å². The van der Waals surface area contributed by atoms with Crippen LogP contribution in [-0.2, 0) is 6.54 Å². The first kappa shape index (κ1) is 22.0. The lowest BCUT2D eigenvalue weighted by Gasteiger charge is -2.37. The second-order valence-electron chi connectivity index (χ2n) is 8.26. The van der Waals surface area contributed by atoms with E-state index < -0.39 is 0 Å². The maximum Gasteiger partial charge on any atom is 0.159 e. The first-order valence-electron chi connectivity index (χ1n) is 11.0. The Hall–Kier alpha value is -3.19. The summed E-state index contributed by atoms with van der Waals surface area (Å²) in [4.78, 5) is 9.01. The largest absolute Gasteiger partial charge is 0.354 e. The topological polar surface area (TPSA) is 68.5 Å². The fraction of sp³-hybridized carbons (Fsp3) is 0.360. The minimum atomic E-state index is -0.195. The molecule has 2 heterocycles. The van der Waals surface area contributed by atoms with Gasteiger partial charge in [-0.1, -0.05) is 36.4 Å². The number of hydrogen-bond acceptors (Lipinski definition) is 6. The molecule has 0 atom stereocenters. The molecular weight excluding hydrogens is 403 g/mol. The molecular formula is C25H29FN6. The Bertz CT molecular complexity index is 1100. The molecule has 1 N–H and O–H groups in total. The summed E-state index contributed by atoms with van der Waals surface area (Å²) in [5.41, 5.74) is 2.66. The Balaban J connectivity index is 1.49. The molecule has 6 nitrogen and oxygen atoms in total. The van der Waals surface area contributed by atoms with Gasteiger partial charge in [-0.25, -0.2) is 4.39 Å².